The molecule has 132 valence electrons. The third-order valence-corrected chi connectivity index (χ3v) is 3.88. The van der Waals surface area contributed by atoms with Crippen molar-refractivity contribution in [2.24, 2.45) is 0 Å². The van der Waals surface area contributed by atoms with Crippen molar-refractivity contribution in [3.05, 3.63) is 81.0 Å². The summed E-state index contributed by atoms with van der Waals surface area (Å²) < 4.78 is 0.738. The topological polar surface area (TPSA) is 121 Å². The Bertz CT molecular complexity index is 1090. The maximum atomic E-state index is 12.4. The minimum atomic E-state index is -1.28. The predicted octanol–water partition coefficient (Wildman–Crippen LogP) is 0.632. The Labute approximate surface area is 146 Å². The van der Waals surface area contributed by atoms with E-state index in [4.69, 9.17) is 0 Å². The molecule has 26 heavy (non-hydrogen) atoms. The van der Waals surface area contributed by atoms with E-state index < -0.39 is 35.7 Å². The molecule has 2 aromatic carbocycles. The van der Waals surface area contributed by atoms with Crippen molar-refractivity contribution in [2.75, 3.05) is 0 Å². The van der Waals surface area contributed by atoms with Crippen molar-refractivity contribution in [2.45, 2.75) is 12.6 Å². The third kappa shape index (κ3) is 3.39. The van der Waals surface area contributed by atoms with Gasteiger partial charge >= 0.3 is 11.7 Å². The lowest BCUT2D eigenvalue weighted by Gasteiger charge is -2.15. The number of carbonyl (C=O) groups is 2. The fourth-order valence-electron chi connectivity index (χ4n) is 2.63. The van der Waals surface area contributed by atoms with Crippen molar-refractivity contribution in [1.82, 2.24) is 14.9 Å². The second-order valence-electron chi connectivity index (χ2n) is 5.62. The molecule has 0 aliphatic heterocycles. The van der Waals surface area contributed by atoms with Crippen LogP contribution in [0.1, 0.15) is 11.6 Å². The smallest absolute Gasteiger partial charge is 0.330 e. The molecule has 1 atom stereocenters. The summed E-state index contributed by atoms with van der Waals surface area (Å²) in [4.78, 5) is 50.7. The molecule has 0 aliphatic carbocycles. The number of nitrogens with zero attached hydrogens (tertiary/aromatic N) is 1. The molecule has 1 aromatic heterocycles. The molecule has 0 radical (unpaired) electrons. The minimum absolute atomic E-state index is 0.262. The van der Waals surface area contributed by atoms with Gasteiger partial charge in [-0.15, -0.1) is 0 Å². The van der Waals surface area contributed by atoms with E-state index >= 15 is 0 Å². The number of nitrogens with one attached hydrogen (secondary N) is 2. The quantitative estimate of drug-likeness (QED) is 0.621. The molecule has 3 rings (SSSR count). The Morgan fingerprint density at radius 1 is 1.04 bits per heavy atom. The maximum absolute atomic E-state index is 12.4. The maximum Gasteiger partial charge on any atom is 0.330 e. The Hall–Kier alpha value is -3.68. The number of rotatable bonds is 5. The second-order valence-corrected chi connectivity index (χ2v) is 5.62. The first-order valence-corrected chi connectivity index (χ1v) is 7.76. The largest absolute Gasteiger partial charge is 0.479 e. The van der Waals surface area contributed by atoms with Crippen LogP contribution in [0, 0.1) is 0 Å². The Morgan fingerprint density at radius 3 is 2.38 bits per heavy atom. The van der Waals surface area contributed by atoms with Gasteiger partial charge in [-0.1, -0.05) is 42.5 Å². The van der Waals surface area contributed by atoms with Gasteiger partial charge in [0.05, 0.1) is 10.9 Å². The number of aromatic nitrogens is 2. The number of hydrogen-bond acceptors (Lipinski definition) is 4. The molecule has 1 unspecified atom stereocenters. The highest BCUT2D eigenvalue weighted by molar-refractivity contribution is 5.84. The summed E-state index contributed by atoms with van der Waals surface area (Å²) in [5.41, 5.74) is -0.610. The zero-order chi connectivity index (χ0) is 18.7. The van der Waals surface area contributed by atoms with Gasteiger partial charge in [0.15, 0.2) is 6.04 Å². The van der Waals surface area contributed by atoms with Gasteiger partial charge in [-0.05, 0) is 17.7 Å². The van der Waals surface area contributed by atoms with Crippen LogP contribution in [0.2, 0.25) is 0 Å². The van der Waals surface area contributed by atoms with Crippen LogP contribution in [0.3, 0.4) is 0 Å². The zero-order valence-corrected chi connectivity index (χ0v) is 13.5. The molecule has 1 heterocycles. The number of H-pyrrole nitrogens is 1. The number of benzene rings is 2. The number of carboxylic acid groups (broad SMARTS) is 1. The molecule has 1 amide bonds. The van der Waals surface area contributed by atoms with Crippen molar-refractivity contribution >= 4 is 22.8 Å². The molecular formula is C18H15N3O5. The Morgan fingerprint density at radius 2 is 1.69 bits per heavy atom. The molecule has 3 N–H and O–H groups in total. The molecule has 0 fully saturated rings. The molecule has 3 aromatic rings. The Balaban J connectivity index is 1.88. The number of fused-ring (bicyclic) bond motifs is 1. The van der Waals surface area contributed by atoms with Gasteiger partial charge in [-0.3, -0.25) is 14.2 Å². The minimum Gasteiger partial charge on any atom is -0.479 e. The summed E-state index contributed by atoms with van der Waals surface area (Å²) in [5, 5.41) is 11.9. The van der Waals surface area contributed by atoms with Crippen molar-refractivity contribution in [1.29, 1.82) is 0 Å². The highest BCUT2D eigenvalue weighted by atomic mass is 16.4. The zero-order valence-electron chi connectivity index (χ0n) is 13.5. The second kappa shape index (κ2) is 7.06. The molecule has 8 nitrogen and oxygen atoms in total. The van der Waals surface area contributed by atoms with Gasteiger partial charge in [-0.2, -0.15) is 0 Å². The molecule has 0 saturated carbocycles. The van der Waals surface area contributed by atoms with Gasteiger partial charge in [0, 0.05) is 0 Å². The van der Waals surface area contributed by atoms with Crippen LogP contribution in [0.5, 0.6) is 0 Å². The monoisotopic (exact) mass is 353 g/mol. The lowest BCUT2D eigenvalue weighted by Crippen LogP contribution is -2.42. The summed E-state index contributed by atoms with van der Waals surface area (Å²) in [7, 11) is 0. The summed E-state index contributed by atoms with van der Waals surface area (Å²) in [6, 6.07) is 13.3. The number of para-hydroxylation sites is 1. The lowest BCUT2D eigenvalue weighted by molar-refractivity contribution is -0.142. The van der Waals surface area contributed by atoms with Crippen LogP contribution in [-0.2, 0) is 16.1 Å². The first kappa shape index (κ1) is 17.2. The van der Waals surface area contributed by atoms with E-state index in [1.54, 1.807) is 48.5 Å². The molecule has 0 aliphatic rings. The van der Waals surface area contributed by atoms with Crippen LogP contribution in [-0.4, -0.2) is 26.5 Å². The van der Waals surface area contributed by atoms with Crippen LogP contribution >= 0.6 is 0 Å². The summed E-state index contributed by atoms with van der Waals surface area (Å²) in [6.45, 7) is -0.588. The van der Waals surface area contributed by atoms with Crippen LogP contribution in [0.25, 0.3) is 10.9 Å². The van der Waals surface area contributed by atoms with Gasteiger partial charge in [-0.25, -0.2) is 9.59 Å². The first-order chi connectivity index (χ1) is 12.5. The Kier molecular flexibility index (Phi) is 4.66. The molecule has 0 bridgehead atoms. The number of aliphatic carboxylic acids is 1. The standard InChI is InChI=1S/C18H15N3O5/c22-14(20-15(17(24)25)11-6-2-1-3-7-11)10-21-16(23)12-8-4-5-9-13(12)19-18(21)26/h1-9,15H,10H2,(H,19,26)(H,20,22)(H,24,25). The van der Waals surface area contributed by atoms with E-state index in [9.17, 15) is 24.3 Å². The van der Waals surface area contributed by atoms with Crippen molar-refractivity contribution in [3.8, 4) is 0 Å². The van der Waals surface area contributed by atoms with Gasteiger partial charge in [0.2, 0.25) is 5.91 Å². The fourth-order valence-corrected chi connectivity index (χ4v) is 2.63. The first-order valence-electron chi connectivity index (χ1n) is 7.76. The number of amides is 1. The van der Waals surface area contributed by atoms with E-state index in [2.05, 4.69) is 10.3 Å². The van der Waals surface area contributed by atoms with Crippen LogP contribution < -0.4 is 16.6 Å². The third-order valence-electron chi connectivity index (χ3n) is 3.88. The normalized spacial score (nSPS) is 11.8. The van der Waals surface area contributed by atoms with E-state index in [0.717, 1.165) is 4.57 Å². The summed E-state index contributed by atoms with van der Waals surface area (Å²) >= 11 is 0. The average Bonchev–Trinajstić information content (AvgIpc) is 2.63. The molecule has 8 heteroatoms. The number of carbonyl (C=O) groups excluding carboxylic acids is 1. The van der Waals surface area contributed by atoms with Gasteiger partial charge < -0.3 is 15.4 Å². The average molecular weight is 353 g/mol. The lowest BCUT2D eigenvalue weighted by atomic mass is 10.1. The van der Waals surface area contributed by atoms with Crippen molar-refractivity contribution in [3.63, 3.8) is 0 Å². The highest BCUT2D eigenvalue weighted by Crippen LogP contribution is 2.12. The van der Waals surface area contributed by atoms with Gasteiger partial charge in [0.1, 0.15) is 6.54 Å². The molecule has 0 spiro atoms. The van der Waals surface area contributed by atoms with Gasteiger partial charge in [0.25, 0.3) is 5.56 Å². The molecule has 0 saturated heterocycles. The van der Waals surface area contributed by atoms with E-state index in [-0.39, 0.29) is 5.39 Å². The van der Waals surface area contributed by atoms with Crippen LogP contribution in [0.15, 0.2) is 64.2 Å². The van der Waals surface area contributed by atoms with Crippen molar-refractivity contribution < 1.29 is 14.7 Å². The highest BCUT2D eigenvalue weighted by Gasteiger charge is 2.22. The number of hydrogen-bond donors (Lipinski definition) is 3. The summed E-state index contributed by atoms with van der Waals surface area (Å²) in [6.07, 6.45) is 0. The summed E-state index contributed by atoms with van der Waals surface area (Å²) in [5.74, 6) is -2.01. The predicted molar refractivity (Wildman–Crippen MR) is 93.8 cm³/mol. The SMILES string of the molecule is O=C(Cn1c(=O)[nH]c2ccccc2c1=O)NC(C(=O)O)c1ccccc1. The molecular weight excluding hydrogens is 338 g/mol. The van der Waals surface area contributed by atoms with E-state index in [1.165, 1.54) is 6.07 Å². The van der Waals surface area contributed by atoms with E-state index in [1.807, 2.05) is 0 Å². The number of carboxylic acids is 1. The van der Waals surface area contributed by atoms with E-state index in [0.29, 0.717) is 11.1 Å². The van der Waals surface area contributed by atoms with Crippen LogP contribution in [0.4, 0.5) is 0 Å². The number of aromatic amines is 1. The fraction of sp³-hybridized carbons (Fsp3) is 0.111.